The molecule has 1 aliphatic heterocycles. The molecule has 1 aromatic heterocycles. The monoisotopic (exact) mass is 306 g/mol. The number of hydrogen-bond acceptors (Lipinski definition) is 1. The SMILES string of the molecule is CN(C(=O)c1cc2cc(Cl)ccc2[nH]1)C1CC[NH+](C)CC1. The molecule has 5 heteroatoms. The van der Waals surface area contributed by atoms with Crippen LogP contribution in [-0.2, 0) is 0 Å². The number of quaternary nitrogens is 1. The Labute approximate surface area is 129 Å². The van der Waals surface area contributed by atoms with Crippen molar-refractivity contribution in [2.75, 3.05) is 27.2 Å². The maximum Gasteiger partial charge on any atom is 0.270 e. The Morgan fingerprint density at radius 2 is 2.05 bits per heavy atom. The average molecular weight is 307 g/mol. The number of carbonyl (C=O) groups excluding carboxylic acids is 1. The maximum absolute atomic E-state index is 12.6. The number of likely N-dealkylation sites (tertiary alicyclic amines) is 1. The molecule has 0 saturated carbocycles. The minimum absolute atomic E-state index is 0.0619. The molecule has 1 fully saturated rings. The quantitative estimate of drug-likeness (QED) is 0.869. The molecule has 1 saturated heterocycles. The Hall–Kier alpha value is -1.52. The number of halogens is 1. The van der Waals surface area contributed by atoms with Crippen LogP contribution in [-0.4, -0.2) is 49.0 Å². The van der Waals surface area contributed by atoms with E-state index in [1.165, 1.54) is 0 Å². The molecular weight excluding hydrogens is 286 g/mol. The van der Waals surface area contributed by atoms with Crippen LogP contribution in [0.3, 0.4) is 0 Å². The standard InChI is InChI=1S/C16H20ClN3O/c1-19-7-5-13(6-8-19)20(2)16(21)15-10-11-9-12(17)3-4-14(11)18-15/h3-4,9-10,13,18H,5-8H2,1-2H3/p+1. The zero-order chi connectivity index (χ0) is 15.0. The summed E-state index contributed by atoms with van der Waals surface area (Å²) in [7, 11) is 4.12. The normalized spacial score (nSPS) is 22.4. The predicted molar refractivity (Wildman–Crippen MR) is 85.0 cm³/mol. The number of fused-ring (bicyclic) bond motifs is 1. The second kappa shape index (κ2) is 5.70. The molecule has 1 aromatic carbocycles. The van der Waals surface area contributed by atoms with Crippen LogP contribution in [0.15, 0.2) is 24.3 Å². The highest BCUT2D eigenvalue weighted by Gasteiger charge is 2.27. The molecule has 2 N–H and O–H groups in total. The van der Waals surface area contributed by atoms with E-state index in [-0.39, 0.29) is 5.91 Å². The molecule has 2 aromatic rings. The Kier molecular flexibility index (Phi) is 3.91. The number of nitrogens with zero attached hydrogens (tertiary/aromatic N) is 1. The lowest BCUT2D eigenvalue weighted by Gasteiger charge is -2.33. The van der Waals surface area contributed by atoms with Crippen LogP contribution in [0.25, 0.3) is 10.9 Å². The van der Waals surface area contributed by atoms with E-state index in [4.69, 9.17) is 11.6 Å². The van der Waals surface area contributed by atoms with E-state index in [0.717, 1.165) is 36.8 Å². The molecule has 1 amide bonds. The van der Waals surface area contributed by atoms with Gasteiger partial charge < -0.3 is 14.8 Å². The predicted octanol–water partition coefficient (Wildman–Crippen LogP) is 1.57. The van der Waals surface area contributed by atoms with Gasteiger partial charge in [-0.15, -0.1) is 0 Å². The Morgan fingerprint density at radius 1 is 1.33 bits per heavy atom. The highest BCUT2D eigenvalue weighted by atomic mass is 35.5. The number of aromatic nitrogens is 1. The van der Waals surface area contributed by atoms with Crippen molar-refractivity contribution < 1.29 is 9.69 Å². The third kappa shape index (κ3) is 2.92. The Balaban J connectivity index is 1.79. The molecule has 0 atom stereocenters. The summed E-state index contributed by atoms with van der Waals surface area (Å²) in [6.07, 6.45) is 2.14. The fourth-order valence-electron chi connectivity index (χ4n) is 3.06. The first kappa shape index (κ1) is 14.4. The molecule has 3 rings (SSSR count). The van der Waals surface area contributed by atoms with E-state index < -0.39 is 0 Å². The van der Waals surface area contributed by atoms with E-state index in [1.54, 1.807) is 4.90 Å². The lowest BCUT2D eigenvalue weighted by Crippen LogP contribution is -3.10. The lowest BCUT2D eigenvalue weighted by molar-refractivity contribution is -0.885. The summed E-state index contributed by atoms with van der Waals surface area (Å²) in [6, 6.07) is 7.85. The second-order valence-corrected chi connectivity index (χ2v) is 6.46. The number of piperidine rings is 1. The number of aromatic amines is 1. The van der Waals surface area contributed by atoms with Gasteiger partial charge in [0, 0.05) is 41.9 Å². The van der Waals surface area contributed by atoms with Crippen molar-refractivity contribution in [3.8, 4) is 0 Å². The minimum Gasteiger partial charge on any atom is -0.351 e. The van der Waals surface area contributed by atoms with Gasteiger partial charge in [-0.3, -0.25) is 4.79 Å². The fraction of sp³-hybridized carbons (Fsp3) is 0.438. The van der Waals surface area contributed by atoms with Gasteiger partial charge in [-0.05, 0) is 24.3 Å². The van der Waals surface area contributed by atoms with E-state index in [1.807, 2.05) is 36.2 Å². The number of benzene rings is 1. The van der Waals surface area contributed by atoms with Crippen molar-refractivity contribution in [2.24, 2.45) is 0 Å². The third-order valence-electron chi connectivity index (χ3n) is 4.49. The summed E-state index contributed by atoms with van der Waals surface area (Å²) in [5.41, 5.74) is 1.59. The molecule has 0 unspecified atom stereocenters. The average Bonchev–Trinajstić information content (AvgIpc) is 2.89. The summed E-state index contributed by atoms with van der Waals surface area (Å²) in [5.74, 6) is 0.0619. The number of nitrogens with one attached hydrogen (secondary N) is 2. The second-order valence-electron chi connectivity index (χ2n) is 6.02. The molecular formula is C16H21ClN3O+. The summed E-state index contributed by atoms with van der Waals surface area (Å²) in [4.78, 5) is 19.3. The topological polar surface area (TPSA) is 40.5 Å². The van der Waals surface area contributed by atoms with E-state index in [0.29, 0.717) is 16.8 Å². The van der Waals surface area contributed by atoms with Gasteiger partial charge in [0.25, 0.3) is 5.91 Å². The number of amides is 1. The summed E-state index contributed by atoms with van der Waals surface area (Å²) >= 11 is 5.99. The molecule has 4 nitrogen and oxygen atoms in total. The van der Waals surface area contributed by atoms with Gasteiger partial charge in [0.1, 0.15) is 5.69 Å². The van der Waals surface area contributed by atoms with Gasteiger partial charge in [0.2, 0.25) is 0 Å². The number of rotatable bonds is 2. The number of H-pyrrole nitrogens is 1. The maximum atomic E-state index is 12.6. The van der Waals surface area contributed by atoms with Crippen LogP contribution >= 0.6 is 11.6 Å². The van der Waals surface area contributed by atoms with Crippen molar-refractivity contribution in [1.82, 2.24) is 9.88 Å². The van der Waals surface area contributed by atoms with E-state index in [2.05, 4.69) is 12.0 Å². The molecule has 0 radical (unpaired) electrons. The summed E-state index contributed by atoms with van der Waals surface area (Å²) in [5, 5.41) is 1.67. The highest BCUT2D eigenvalue weighted by molar-refractivity contribution is 6.31. The van der Waals surface area contributed by atoms with Crippen LogP contribution in [0.4, 0.5) is 0 Å². The van der Waals surface area contributed by atoms with Crippen LogP contribution in [0, 0.1) is 0 Å². The van der Waals surface area contributed by atoms with Crippen molar-refractivity contribution >= 4 is 28.4 Å². The van der Waals surface area contributed by atoms with Crippen molar-refractivity contribution in [3.63, 3.8) is 0 Å². The van der Waals surface area contributed by atoms with Gasteiger partial charge in [0.05, 0.1) is 20.1 Å². The highest BCUT2D eigenvalue weighted by Crippen LogP contribution is 2.21. The smallest absolute Gasteiger partial charge is 0.270 e. The molecule has 2 heterocycles. The zero-order valence-corrected chi connectivity index (χ0v) is 13.2. The fourth-order valence-corrected chi connectivity index (χ4v) is 3.24. The molecule has 0 bridgehead atoms. The van der Waals surface area contributed by atoms with Crippen molar-refractivity contribution in [2.45, 2.75) is 18.9 Å². The largest absolute Gasteiger partial charge is 0.351 e. The molecule has 0 spiro atoms. The van der Waals surface area contributed by atoms with Gasteiger partial charge in [0.15, 0.2) is 0 Å². The first-order valence-corrected chi connectivity index (χ1v) is 7.79. The lowest BCUT2D eigenvalue weighted by atomic mass is 10.0. The summed E-state index contributed by atoms with van der Waals surface area (Å²) < 4.78 is 0. The van der Waals surface area contributed by atoms with Crippen LogP contribution in [0.1, 0.15) is 23.3 Å². The third-order valence-corrected chi connectivity index (χ3v) is 4.73. The molecule has 21 heavy (non-hydrogen) atoms. The van der Waals surface area contributed by atoms with Crippen LogP contribution < -0.4 is 4.90 Å². The van der Waals surface area contributed by atoms with Crippen LogP contribution in [0.5, 0.6) is 0 Å². The minimum atomic E-state index is 0.0619. The van der Waals surface area contributed by atoms with Gasteiger partial charge in [-0.1, -0.05) is 11.6 Å². The van der Waals surface area contributed by atoms with Gasteiger partial charge in [-0.25, -0.2) is 0 Å². The first-order valence-electron chi connectivity index (χ1n) is 7.41. The van der Waals surface area contributed by atoms with Gasteiger partial charge >= 0.3 is 0 Å². The molecule has 112 valence electrons. The van der Waals surface area contributed by atoms with Crippen molar-refractivity contribution in [1.29, 1.82) is 0 Å². The first-order chi connectivity index (χ1) is 10.0. The van der Waals surface area contributed by atoms with Crippen molar-refractivity contribution in [3.05, 3.63) is 35.0 Å². The van der Waals surface area contributed by atoms with Crippen LogP contribution in [0.2, 0.25) is 5.02 Å². The number of carbonyl (C=O) groups is 1. The zero-order valence-electron chi connectivity index (χ0n) is 12.4. The van der Waals surface area contributed by atoms with E-state index >= 15 is 0 Å². The molecule has 0 aliphatic carbocycles. The number of hydrogen-bond donors (Lipinski definition) is 2. The molecule has 1 aliphatic rings. The Bertz CT molecular complexity index is 659. The van der Waals surface area contributed by atoms with E-state index in [9.17, 15) is 4.79 Å². The summed E-state index contributed by atoms with van der Waals surface area (Å²) in [6.45, 7) is 2.26. The van der Waals surface area contributed by atoms with Gasteiger partial charge in [-0.2, -0.15) is 0 Å². The Morgan fingerprint density at radius 3 is 2.76 bits per heavy atom.